The molecule has 2 aromatic carbocycles. The highest BCUT2D eigenvalue weighted by Gasteiger charge is 2.07. The number of nitrogens with zero attached hydrogens (tertiary/aromatic N) is 2. The molecule has 2 aromatic rings. The Morgan fingerprint density at radius 2 is 1.77 bits per heavy atom. The summed E-state index contributed by atoms with van der Waals surface area (Å²) in [5.74, 6) is 2.40. The Morgan fingerprint density at radius 3 is 2.42 bits per heavy atom. The predicted octanol–water partition coefficient (Wildman–Crippen LogP) is 4.07. The Balaban J connectivity index is 0.00000480. The van der Waals surface area contributed by atoms with Crippen molar-refractivity contribution in [2.45, 2.75) is 32.9 Å². The molecule has 172 valence electrons. The maximum atomic E-state index is 5.67. The van der Waals surface area contributed by atoms with Crippen LogP contribution < -0.4 is 20.1 Å². The first-order valence-corrected chi connectivity index (χ1v) is 10.5. The van der Waals surface area contributed by atoms with Crippen LogP contribution in [0, 0.1) is 0 Å². The highest BCUT2D eigenvalue weighted by molar-refractivity contribution is 14.0. The number of aliphatic imine (C=N–C) groups is 1. The molecule has 0 saturated heterocycles. The van der Waals surface area contributed by atoms with Crippen molar-refractivity contribution in [2.24, 2.45) is 4.99 Å². The average Bonchev–Trinajstić information content (AvgIpc) is 2.74. The van der Waals surface area contributed by atoms with Crippen LogP contribution >= 0.6 is 24.0 Å². The number of benzene rings is 2. The van der Waals surface area contributed by atoms with Gasteiger partial charge in [-0.25, -0.2) is 0 Å². The molecular formula is C24H37IN4O2. The SMILES string of the molecule is CCOc1cc(CCCNC(=NC)NCc2ccccc2CN(C)C)ccc1OC.I. The fourth-order valence-corrected chi connectivity index (χ4v) is 3.27. The molecule has 0 heterocycles. The van der Waals surface area contributed by atoms with Crippen LogP contribution in [0.2, 0.25) is 0 Å². The summed E-state index contributed by atoms with van der Waals surface area (Å²) in [5.41, 5.74) is 3.85. The zero-order chi connectivity index (χ0) is 21.8. The Morgan fingerprint density at radius 1 is 1.03 bits per heavy atom. The van der Waals surface area contributed by atoms with Gasteiger partial charge in [0.05, 0.1) is 13.7 Å². The number of methoxy groups -OCH3 is 1. The van der Waals surface area contributed by atoms with E-state index in [2.05, 4.69) is 71.0 Å². The molecule has 31 heavy (non-hydrogen) atoms. The Kier molecular flexibility index (Phi) is 13.0. The molecule has 0 unspecified atom stereocenters. The maximum absolute atomic E-state index is 5.67. The molecule has 0 aliphatic heterocycles. The normalized spacial score (nSPS) is 11.1. The molecule has 0 atom stereocenters. The molecule has 2 rings (SSSR count). The van der Waals surface area contributed by atoms with E-state index in [0.29, 0.717) is 6.61 Å². The number of rotatable bonds is 11. The number of halogens is 1. The van der Waals surface area contributed by atoms with E-state index in [9.17, 15) is 0 Å². The molecule has 2 N–H and O–H groups in total. The molecule has 0 spiro atoms. The molecule has 0 aromatic heterocycles. The van der Waals surface area contributed by atoms with Crippen molar-refractivity contribution in [1.29, 1.82) is 0 Å². The highest BCUT2D eigenvalue weighted by Crippen LogP contribution is 2.28. The standard InChI is InChI=1S/C24H36N4O2.HI/c1-6-30-23-16-19(13-14-22(23)29-5)10-9-15-26-24(25-2)27-17-20-11-7-8-12-21(20)18-28(3)4;/h7-8,11-14,16H,6,9-10,15,17-18H2,1-5H3,(H2,25,26,27);1H. The van der Waals surface area contributed by atoms with E-state index in [1.165, 1.54) is 16.7 Å². The third kappa shape index (κ3) is 9.35. The first-order valence-electron chi connectivity index (χ1n) is 10.5. The molecule has 0 saturated carbocycles. The lowest BCUT2D eigenvalue weighted by Gasteiger charge is -2.16. The van der Waals surface area contributed by atoms with E-state index >= 15 is 0 Å². The third-order valence-corrected chi connectivity index (χ3v) is 4.74. The lowest BCUT2D eigenvalue weighted by Crippen LogP contribution is -2.37. The van der Waals surface area contributed by atoms with Crippen LogP contribution in [0.4, 0.5) is 0 Å². The molecule has 0 aliphatic carbocycles. The number of aryl methyl sites for hydroxylation is 1. The van der Waals surface area contributed by atoms with E-state index in [1.807, 2.05) is 13.0 Å². The summed E-state index contributed by atoms with van der Waals surface area (Å²) in [6.07, 6.45) is 1.95. The summed E-state index contributed by atoms with van der Waals surface area (Å²) in [4.78, 5) is 6.53. The zero-order valence-corrected chi connectivity index (χ0v) is 21.7. The summed E-state index contributed by atoms with van der Waals surface area (Å²) in [6, 6.07) is 14.6. The van der Waals surface area contributed by atoms with Gasteiger partial charge in [0, 0.05) is 26.7 Å². The number of nitrogens with one attached hydrogen (secondary N) is 2. The summed E-state index contributed by atoms with van der Waals surface area (Å²) in [5, 5.41) is 6.83. The largest absolute Gasteiger partial charge is 0.493 e. The van der Waals surface area contributed by atoms with Gasteiger partial charge in [0.1, 0.15) is 0 Å². The lowest BCUT2D eigenvalue weighted by molar-refractivity contribution is 0.310. The number of guanidine groups is 1. The number of hydrogen-bond acceptors (Lipinski definition) is 4. The van der Waals surface area contributed by atoms with Gasteiger partial charge in [-0.15, -0.1) is 24.0 Å². The predicted molar refractivity (Wildman–Crippen MR) is 140 cm³/mol. The number of ether oxygens (including phenoxy) is 2. The van der Waals surface area contributed by atoms with Gasteiger partial charge in [-0.3, -0.25) is 4.99 Å². The summed E-state index contributed by atoms with van der Waals surface area (Å²) in [7, 11) is 7.65. The monoisotopic (exact) mass is 540 g/mol. The molecule has 0 fully saturated rings. The van der Waals surface area contributed by atoms with Crippen molar-refractivity contribution in [1.82, 2.24) is 15.5 Å². The van der Waals surface area contributed by atoms with Crippen molar-refractivity contribution >= 4 is 29.9 Å². The molecule has 0 amide bonds. The lowest BCUT2D eigenvalue weighted by atomic mass is 10.1. The van der Waals surface area contributed by atoms with E-state index in [1.54, 1.807) is 14.2 Å². The minimum Gasteiger partial charge on any atom is -0.493 e. The van der Waals surface area contributed by atoms with Gasteiger partial charge in [0.15, 0.2) is 17.5 Å². The van der Waals surface area contributed by atoms with Crippen LogP contribution in [-0.2, 0) is 19.5 Å². The first kappa shape index (κ1) is 27.0. The van der Waals surface area contributed by atoms with Gasteiger partial charge in [0.25, 0.3) is 0 Å². The summed E-state index contributed by atoms with van der Waals surface area (Å²) >= 11 is 0. The fraction of sp³-hybridized carbons (Fsp3) is 0.458. The maximum Gasteiger partial charge on any atom is 0.191 e. The second-order valence-corrected chi connectivity index (χ2v) is 7.38. The van der Waals surface area contributed by atoms with Gasteiger partial charge in [0.2, 0.25) is 0 Å². The van der Waals surface area contributed by atoms with E-state index < -0.39 is 0 Å². The third-order valence-electron chi connectivity index (χ3n) is 4.74. The minimum atomic E-state index is 0. The van der Waals surface area contributed by atoms with Crippen LogP contribution in [0.1, 0.15) is 30.0 Å². The van der Waals surface area contributed by atoms with Crippen molar-refractivity contribution in [3.05, 3.63) is 59.2 Å². The van der Waals surface area contributed by atoms with Crippen molar-refractivity contribution in [3.63, 3.8) is 0 Å². The van der Waals surface area contributed by atoms with Crippen LogP contribution in [0.5, 0.6) is 11.5 Å². The molecule has 7 heteroatoms. The number of hydrogen-bond donors (Lipinski definition) is 2. The van der Waals surface area contributed by atoms with Crippen molar-refractivity contribution in [3.8, 4) is 11.5 Å². The van der Waals surface area contributed by atoms with Gasteiger partial charge >= 0.3 is 0 Å². The Hall–Kier alpha value is -2.00. The van der Waals surface area contributed by atoms with Crippen LogP contribution in [0.25, 0.3) is 0 Å². The molecule has 0 bridgehead atoms. The zero-order valence-electron chi connectivity index (χ0n) is 19.4. The first-order chi connectivity index (χ1) is 14.6. The second kappa shape index (κ2) is 14.9. The Labute approximate surface area is 204 Å². The average molecular weight is 540 g/mol. The smallest absolute Gasteiger partial charge is 0.191 e. The van der Waals surface area contributed by atoms with Gasteiger partial charge in [-0.1, -0.05) is 30.3 Å². The van der Waals surface area contributed by atoms with Crippen LogP contribution in [-0.4, -0.2) is 52.3 Å². The summed E-state index contributed by atoms with van der Waals surface area (Å²) in [6.45, 7) is 5.12. The van der Waals surface area contributed by atoms with E-state index in [-0.39, 0.29) is 24.0 Å². The second-order valence-electron chi connectivity index (χ2n) is 7.38. The quantitative estimate of drug-likeness (QED) is 0.195. The topological polar surface area (TPSA) is 58.1 Å². The van der Waals surface area contributed by atoms with Gasteiger partial charge in [-0.2, -0.15) is 0 Å². The van der Waals surface area contributed by atoms with Crippen LogP contribution in [0.3, 0.4) is 0 Å². The molecule has 6 nitrogen and oxygen atoms in total. The van der Waals surface area contributed by atoms with Gasteiger partial charge < -0.3 is 25.0 Å². The molecular weight excluding hydrogens is 503 g/mol. The van der Waals surface area contributed by atoms with Crippen LogP contribution in [0.15, 0.2) is 47.5 Å². The fourth-order valence-electron chi connectivity index (χ4n) is 3.27. The van der Waals surface area contributed by atoms with Crippen molar-refractivity contribution < 1.29 is 9.47 Å². The molecule has 0 radical (unpaired) electrons. The van der Waals surface area contributed by atoms with Crippen molar-refractivity contribution in [2.75, 3.05) is 41.4 Å². The highest BCUT2D eigenvalue weighted by atomic mass is 127. The molecule has 0 aliphatic rings. The van der Waals surface area contributed by atoms with E-state index in [0.717, 1.165) is 49.9 Å². The Bertz CT molecular complexity index is 812. The summed E-state index contributed by atoms with van der Waals surface area (Å²) < 4.78 is 11.0. The van der Waals surface area contributed by atoms with E-state index in [4.69, 9.17) is 9.47 Å². The van der Waals surface area contributed by atoms with Gasteiger partial charge in [-0.05, 0) is 62.7 Å². The minimum absolute atomic E-state index is 0.